The van der Waals surface area contributed by atoms with Crippen LogP contribution < -0.4 is 15.8 Å². The molecule has 128 valence electrons. The van der Waals surface area contributed by atoms with Crippen molar-refractivity contribution in [1.82, 2.24) is 5.32 Å². The first kappa shape index (κ1) is 17.0. The molecule has 2 aromatic carbocycles. The van der Waals surface area contributed by atoms with E-state index in [0.29, 0.717) is 13.2 Å². The van der Waals surface area contributed by atoms with Gasteiger partial charge < -0.3 is 15.8 Å². The molecule has 24 heavy (non-hydrogen) atoms. The first-order valence-electron chi connectivity index (χ1n) is 8.96. The number of ether oxygens (including phenoxy) is 1. The van der Waals surface area contributed by atoms with E-state index in [9.17, 15) is 0 Å². The highest BCUT2D eigenvalue weighted by Crippen LogP contribution is 2.36. The first-order valence-corrected chi connectivity index (χ1v) is 8.96. The van der Waals surface area contributed by atoms with Gasteiger partial charge >= 0.3 is 0 Å². The van der Waals surface area contributed by atoms with Gasteiger partial charge in [-0.05, 0) is 54.5 Å². The lowest BCUT2D eigenvalue weighted by molar-refractivity contribution is 0.306. The number of nitrogens with two attached hydrogens (primary N) is 1. The van der Waals surface area contributed by atoms with E-state index in [1.165, 1.54) is 24.0 Å². The van der Waals surface area contributed by atoms with Crippen LogP contribution in [-0.4, -0.2) is 13.1 Å². The van der Waals surface area contributed by atoms with Gasteiger partial charge in [-0.15, -0.1) is 0 Å². The van der Waals surface area contributed by atoms with Gasteiger partial charge in [-0.3, -0.25) is 0 Å². The maximum atomic E-state index is 5.96. The average Bonchev–Trinajstić information content (AvgIpc) is 3.47. The zero-order chi connectivity index (χ0) is 16.8. The Bertz CT molecular complexity index is 607. The van der Waals surface area contributed by atoms with Gasteiger partial charge in [0.25, 0.3) is 0 Å². The monoisotopic (exact) mass is 324 g/mol. The van der Waals surface area contributed by atoms with Crippen LogP contribution in [-0.2, 0) is 6.61 Å². The molecule has 3 rings (SSSR count). The molecule has 2 unspecified atom stereocenters. The number of nitrogens with one attached hydrogen (secondary N) is 1. The maximum Gasteiger partial charge on any atom is 0.119 e. The van der Waals surface area contributed by atoms with Crippen LogP contribution in [0.15, 0.2) is 54.6 Å². The van der Waals surface area contributed by atoms with E-state index >= 15 is 0 Å². The van der Waals surface area contributed by atoms with E-state index in [2.05, 4.69) is 36.5 Å². The molecule has 0 spiro atoms. The lowest BCUT2D eigenvalue weighted by atomic mass is 10.0. The van der Waals surface area contributed by atoms with E-state index in [4.69, 9.17) is 10.5 Å². The molecular weight excluding hydrogens is 296 g/mol. The highest BCUT2D eigenvalue weighted by atomic mass is 16.5. The zero-order valence-corrected chi connectivity index (χ0v) is 14.4. The van der Waals surface area contributed by atoms with Crippen LogP contribution in [0, 0.1) is 11.8 Å². The molecule has 0 amide bonds. The maximum absolute atomic E-state index is 5.96. The van der Waals surface area contributed by atoms with Crippen molar-refractivity contribution >= 4 is 0 Å². The fraction of sp³-hybridized carbons (Fsp3) is 0.429. The highest BCUT2D eigenvalue weighted by Gasteiger charge is 2.27. The molecule has 1 aliphatic carbocycles. The first-order chi connectivity index (χ1) is 11.8. The van der Waals surface area contributed by atoms with Crippen LogP contribution in [0.2, 0.25) is 0 Å². The van der Waals surface area contributed by atoms with Crippen molar-refractivity contribution < 1.29 is 4.74 Å². The van der Waals surface area contributed by atoms with Crippen molar-refractivity contribution in [2.75, 3.05) is 13.1 Å². The fourth-order valence-electron chi connectivity index (χ4n) is 3.03. The summed E-state index contributed by atoms with van der Waals surface area (Å²) in [4.78, 5) is 0. The van der Waals surface area contributed by atoms with Gasteiger partial charge in [-0.1, -0.05) is 49.4 Å². The third-order valence-corrected chi connectivity index (χ3v) is 4.88. The summed E-state index contributed by atoms with van der Waals surface area (Å²) >= 11 is 0. The van der Waals surface area contributed by atoms with Gasteiger partial charge in [-0.25, -0.2) is 0 Å². The van der Waals surface area contributed by atoms with Crippen LogP contribution in [0.25, 0.3) is 0 Å². The lowest BCUT2D eigenvalue weighted by Crippen LogP contribution is -2.32. The van der Waals surface area contributed by atoms with Gasteiger partial charge in [0.15, 0.2) is 0 Å². The van der Waals surface area contributed by atoms with Crippen LogP contribution in [0.1, 0.15) is 36.9 Å². The van der Waals surface area contributed by atoms with E-state index in [0.717, 1.165) is 24.1 Å². The molecule has 0 heterocycles. The van der Waals surface area contributed by atoms with Crippen molar-refractivity contribution in [1.29, 1.82) is 0 Å². The molecule has 1 saturated carbocycles. The minimum atomic E-state index is 0.217. The number of hydrogen-bond donors (Lipinski definition) is 2. The van der Waals surface area contributed by atoms with E-state index < -0.39 is 0 Å². The molecule has 2 aromatic rings. The Hall–Kier alpha value is -1.84. The number of hydrogen-bond acceptors (Lipinski definition) is 3. The number of rotatable bonds is 9. The second-order valence-corrected chi connectivity index (χ2v) is 6.85. The predicted molar refractivity (Wildman–Crippen MR) is 98.9 cm³/mol. The van der Waals surface area contributed by atoms with Crippen LogP contribution in [0.4, 0.5) is 0 Å². The van der Waals surface area contributed by atoms with E-state index in [1.54, 1.807) is 0 Å². The Kier molecular flexibility index (Phi) is 5.89. The summed E-state index contributed by atoms with van der Waals surface area (Å²) in [6, 6.07) is 18.7. The van der Waals surface area contributed by atoms with Gasteiger partial charge in [0.1, 0.15) is 12.4 Å². The molecule has 3 nitrogen and oxygen atoms in total. The highest BCUT2D eigenvalue weighted by molar-refractivity contribution is 5.30. The molecule has 3 N–H and O–H groups in total. The van der Waals surface area contributed by atoms with Crippen molar-refractivity contribution in [2.24, 2.45) is 17.6 Å². The lowest BCUT2D eigenvalue weighted by Gasteiger charge is -2.20. The Labute approximate surface area is 145 Å². The van der Waals surface area contributed by atoms with E-state index in [-0.39, 0.29) is 6.04 Å². The summed E-state index contributed by atoms with van der Waals surface area (Å²) in [5.41, 5.74) is 8.37. The Balaban J connectivity index is 1.51. The van der Waals surface area contributed by atoms with Crippen molar-refractivity contribution in [3.63, 3.8) is 0 Å². The quantitative estimate of drug-likeness (QED) is 0.735. The molecule has 0 saturated heterocycles. The second-order valence-electron chi connectivity index (χ2n) is 6.85. The summed E-state index contributed by atoms with van der Waals surface area (Å²) in [7, 11) is 0. The Morgan fingerprint density at radius 1 is 1.08 bits per heavy atom. The summed E-state index contributed by atoms with van der Waals surface area (Å²) in [5, 5.41) is 3.62. The van der Waals surface area contributed by atoms with Crippen molar-refractivity contribution in [3.05, 3.63) is 65.7 Å². The molecule has 0 bridgehead atoms. The molecule has 1 aliphatic rings. The summed E-state index contributed by atoms with van der Waals surface area (Å²) in [6.45, 7) is 4.58. The number of benzene rings is 2. The van der Waals surface area contributed by atoms with Gasteiger partial charge in [0.2, 0.25) is 0 Å². The van der Waals surface area contributed by atoms with Crippen molar-refractivity contribution in [2.45, 2.75) is 32.4 Å². The molecular formula is C21H28N2O. The minimum absolute atomic E-state index is 0.217. The molecule has 0 aliphatic heterocycles. The fourth-order valence-corrected chi connectivity index (χ4v) is 3.03. The summed E-state index contributed by atoms with van der Waals surface area (Å²) in [6.07, 6.45) is 2.78. The molecule has 1 fully saturated rings. The second kappa shape index (κ2) is 8.32. The third kappa shape index (κ3) is 4.83. The molecule has 0 aromatic heterocycles. The van der Waals surface area contributed by atoms with Crippen LogP contribution in [0.3, 0.4) is 0 Å². The summed E-state index contributed by atoms with van der Waals surface area (Å²) < 4.78 is 5.85. The van der Waals surface area contributed by atoms with Crippen molar-refractivity contribution in [3.8, 4) is 5.75 Å². The largest absolute Gasteiger partial charge is 0.489 e. The van der Waals surface area contributed by atoms with Crippen LogP contribution >= 0.6 is 0 Å². The Morgan fingerprint density at radius 2 is 1.79 bits per heavy atom. The van der Waals surface area contributed by atoms with Gasteiger partial charge in [-0.2, -0.15) is 0 Å². The standard InChI is InChI=1S/C21H28N2O/c1-16(18-7-8-18)14-23-21(13-22)19-9-11-20(12-10-19)24-15-17-5-3-2-4-6-17/h2-6,9-12,16,18,21,23H,7-8,13-15,22H2,1H3. The summed E-state index contributed by atoms with van der Waals surface area (Å²) in [5.74, 6) is 2.56. The average molecular weight is 324 g/mol. The topological polar surface area (TPSA) is 47.3 Å². The molecule has 3 heteroatoms. The minimum Gasteiger partial charge on any atom is -0.489 e. The smallest absolute Gasteiger partial charge is 0.119 e. The van der Waals surface area contributed by atoms with Crippen LogP contribution in [0.5, 0.6) is 5.75 Å². The van der Waals surface area contributed by atoms with Gasteiger partial charge in [0.05, 0.1) is 0 Å². The molecule has 2 atom stereocenters. The molecule has 0 radical (unpaired) electrons. The third-order valence-electron chi connectivity index (χ3n) is 4.88. The SMILES string of the molecule is CC(CNC(CN)c1ccc(OCc2ccccc2)cc1)C1CC1. The normalized spacial score (nSPS) is 16.6. The Morgan fingerprint density at radius 3 is 2.42 bits per heavy atom. The van der Waals surface area contributed by atoms with Gasteiger partial charge in [0, 0.05) is 12.6 Å². The predicted octanol–water partition coefficient (Wildman–Crippen LogP) is 3.90. The zero-order valence-electron chi connectivity index (χ0n) is 14.4. The van der Waals surface area contributed by atoms with E-state index in [1.807, 2.05) is 30.3 Å².